The van der Waals surface area contributed by atoms with Crippen molar-refractivity contribution < 1.29 is 4.79 Å². The monoisotopic (exact) mass is 256 g/mol. The number of fused-ring (bicyclic) bond motifs is 1. The Morgan fingerprint density at radius 1 is 1.05 bits per heavy atom. The number of rotatable bonds is 7. The number of para-hydroxylation sites is 2. The fraction of sp³-hybridized carbons (Fsp3) is 0.438. The van der Waals surface area contributed by atoms with E-state index < -0.39 is 0 Å². The van der Waals surface area contributed by atoms with Crippen LogP contribution in [0.2, 0.25) is 0 Å². The average molecular weight is 256 g/mol. The molecule has 0 N–H and O–H groups in total. The Balaban J connectivity index is 1.93. The maximum atomic E-state index is 12.0. The minimum atomic E-state index is 0.106. The van der Waals surface area contributed by atoms with Crippen LogP contribution in [0, 0.1) is 0 Å². The Bertz CT molecular complexity index is 551. The molecule has 0 atom stereocenters. The fourth-order valence-electron chi connectivity index (χ4n) is 2.11. The molecule has 0 fully saturated rings. The van der Waals surface area contributed by atoms with Crippen LogP contribution in [-0.4, -0.2) is 15.8 Å². The molecule has 1 aromatic carbocycles. The minimum absolute atomic E-state index is 0.106. The highest BCUT2D eigenvalue weighted by atomic mass is 16.1. The molecule has 2 aromatic rings. The zero-order chi connectivity index (χ0) is 13.5. The van der Waals surface area contributed by atoms with Crippen molar-refractivity contribution in [3.63, 3.8) is 0 Å². The summed E-state index contributed by atoms with van der Waals surface area (Å²) in [5, 5.41) is 0. The number of hydrogen-bond donors (Lipinski definition) is 0. The van der Waals surface area contributed by atoms with E-state index in [1.54, 1.807) is 6.20 Å². The summed E-state index contributed by atoms with van der Waals surface area (Å²) in [5.41, 5.74) is 2.12. The van der Waals surface area contributed by atoms with Crippen LogP contribution in [0.15, 0.2) is 30.5 Å². The van der Waals surface area contributed by atoms with Crippen LogP contribution >= 0.6 is 0 Å². The lowest BCUT2D eigenvalue weighted by Gasteiger charge is -2.02. The van der Waals surface area contributed by atoms with Crippen molar-refractivity contribution in [2.75, 3.05) is 0 Å². The molecule has 0 radical (unpaired) electrons. The van der Waals surface area contributed by atoms with Crippen molar-refractivity contribution in [2.24, 2.45) is 0 Å². The molecule has 1 heterocycles. The lowest BCUT2D eigenvalue weighted by molar-refractivity contribution is 0.0974. The number of carbonyl (C=O) groups is 1. The number of carbonyl (C=O) groups excluding carboxylic acids is 1. The van der Waals surface area contributed by atoms with E-state index >= 15 is 0 Å². The first-order valence-corrected chi connectivity index (χ1v) is 7.06. The van der Waals surface area contributed by atoms with Crippen LogP contribution in [0.1, 0.15) is 55.9 Å². The molecular weight excluding hydrogens is 236 g/mol. The third-order valence-electron chi connectivity index (χ3n) is 3.24. The van der Waals surface area contributed by atoms with E-state index in [1.165, 1.54) is 19.3 Å². The van der Waals surface area contributed by atoms with E-state index in [2.05, 4.69) is 16.9 Å². The summed E-state index contributed by atoms with van der Waals surface area (Å²) < 4.78 is 0. The average Bonchev–Trinajstić information content (AvgIpc) is 2.46. The van der Waals surface area contributed by atoms with Gasteiger partial charge in [-0.3, -0.25) is 9.78 Å². The van der Waals surface area contributed by atoms with Gasteiger partial charge >= 0.3 is 0 Å². The quantitative estimate of drug-likeness (QED) is 0.551. The first-order valence-electron chi connectivity index (χ1n) is 7.06. The van der Waals surface area contributed by atoms with Crippen molar-refractivity contribution in [3.05, 3.63) is 36.2 Å². The first kappa shape index (κ1) is 13.7. The number of aromatic nitrogens is 2. The molecule has 0 spiro atoms. The summed E-state index contributed by atoms with van der Waals surface area (Å²) in [7, 11) is 0. The molecule has 100 valence electrons. The van der Waals surface area contributed by atoms with Crippen LogP contribution in [-0.2, 0) is 0 Å². The summed E-state index contributed by atoms with van der Waals surface area (Å²) >= 11 is 0. The van der Waals surface area contributed by atoms with E-state index in [-0.39, 0.29) is 5.78 Å². The molecule has 0 unspecified atom stereocenters. The maximum Gasteiger partial charge on any atom is 0.182 e. The van der Waals surface area contributed by atoms with Crippen molar-refractivity contribution in [2.45, 2.75) is 45.4 Å². The zero-order valence-corrected chi connectivity index (χ0v) is 11.4. The summed E-state index contributed by atoms with van der Waals surface area (Å²) in [6, 6.07) is 7.63. The van der Waals surface area contributed by atoms with Gasteiger partial charge in [0, 0.05) is 6.42 Å². The number of nitrogens with zero attached hydrogens (tertiary/aromatic N) is 2. The van der Waals surface area contributed by atoms with Gasteiger partial charge < -0.3 is 0 Å². The lowest BCUT2D eigenvalue weighted by Crippen LogP contribution is -2.03. The Morgan fingerprint density at radius 2 is 1.79 bits per heavy atom. The van der Waals surface area contributed by atoms with E-state index in [0.717, 1.165) is 23.9 Å². The van der Waals surface area contributed by atoms with Gasteiger partial charge in [0.05, 0.1) is 17.2 Å². The minimum Gasteiger partial charge on any atom is -0.292 e. The van der Waals surface area contributed by atoms with Gasteiger partial charge in [-0.15, -0.1) is 0 Å². The Kier molecular flexibility index (Phi) is 5.01. The van der Waals surface area contributed by atoms with E-state index in [4.69, 9.17) is 0 Å². The van der Waals surface area contributed by atoms with Crippen LogP contribution in [0.4, 0.5) is 0 Å². The SMILES string of the molecule is CCCCCCCC(=O)c1cnc2ccccc2n1. The zero-order valence-electron chi connectivity index (χ0n) is 11.4. The highest BCUT2D eigenvalue weighted by Crippen LogP contribution is 2.12. The molecule has 0 saturated heterocycles. The number of ketones is 1. The van der Waals surface area contributed by atoms with Gasteiger partial charge in [0.1, 0.15) is 5.69 Å². The molecule has 0 bridgehead atoms. The van der Waals surface area contributed by atoms with E-state index in [9.17, 15) is 4.79 Å². The number of hydrogen-bond acceptors (Lipinski definition) is 3. The highest BCUT2D eigenvalue weighted by Gasteiger charge is 2.08. The largest absolute Gasteiger partial charge is 0.292 e. The normalized spacial score (nSPS) is 10.8. The summed E-state index contributed by atoms with van der Waals surface area (Å²) in [5.74, 6) is 0.106. The second-order valence-corrected chi connectivity index (χ2v) is 4.83. The van der Waals surface area contributed by atoms with Gasteiger partial charge in [-0.25, -0.2) is 4.98 Å². The standard InChI is InChI=1S/C16H20N2O/c1-2-3-4-5-6-11-16(19)15-12-17-13-9-7-8-10-14(13)18-15/h7-10,12H,2-6,11H2,1H3. The molecule has 3 heteroatoms. The molecule has 2 rings (SSSR count). The predicted molar refractivity (Wildman–Crippen MR) is 77.2 cm³/mol. The highest BCUT2D eigenvalue weighted by molar-refractivity contribution is 5.95. The van der Waals surface area contributed by atoms with Gasteiger partial charge in [0.25, 0.3) is 0 Å². The van der Waals surface area contributed by atoms with Crippen LogP contribution < -0.4 is 0 Å². The fourth-order valence-corrected chi connectivity index (χ4v) is 2.11. The third kappa shape index (κ3) is 3.85. The second kappa shape index (κ2) is 6.98. The van der Waals surface area contributed by atoms with Gasteiger partial charge in [-0.2, -0.15) is 0 Å². The molecule has 3 nitrogen and oxygen atoms in total. The molecule has 1 aromatic heterocycles. The second-order valence-electron chi connectivity index (χ2n) is 4.83. The van der Waals surface area contributed by atoms with Crippen LogP contribution in [0.5, 0.6) is 0 Å². The van der Waals surface area contributed by atoms with Crippen LogP contribution in [0.3, 0.4) is 0 Å². The first-order chi connectivity index (χ1) is 9.31. The summed E-state index contributed by atoms with van der Waals surface area (Å²) in [6.07, 6.45) is 7.95. The van der Waals surface area contributed by atoms with Gasteiger partial charge in [-0.05, 0) is 18.6 Å². The topological polar surface area (TPSA) is 42.9 Å². The Labute approximate surface area is 114 Å². The molecule has 0 amide bonds. The van der Waals surface area contributed by atoms with Crippen molar-refractivity contribution in [3.8, 4) is 0 Å². The molecule has 0 aliphatic carbocycles. The van der Waals surface area contributed by atoms with Crippen molar-refractivity contribution in [1.82, 2.24) is 9.97 Å². The maximum absolute atomic E-state index is 12.0. The lowest BCUT2D eigenvalue weighted by atomic mass is 10.1. The smallest absolute Gasteiger partial charge is 0.182 e. The van der Waals surface area contributed by atoms with Gasteiger partial charge in [0.15, 0.2) is 5.78 Å². The third-order valence-corrected chi connectivity index (χ3v) is 3.24. The molecule has 0 saturated carbocycles. The summed E-state index contributed by atoms with van der Waals surface area (Å²) in [6.45, 7) is 2.19. The Hall–Kier alpha value is -1.77. The van der Waals surface area contributed by atoms with Crippen molar-refractivity contribution in [1.29, 1.82) is 0 Å². The predicted octanol–water partition coefficient (Wildman–Crippen LogP) is 4.17. The van der Waals surface area contributed by atoms with Crippen molar-refractivity contribution >= 4 is 16.8 Å². The van der Waals surface area contributed by atoms with E-state index in [1.807, 2.05) is 24.3 Å². The molecule has 19 heavy (non-hydrogen) atoms. The molecule has 0 aliphatic rings. The Morgan fingerprint density at radius 3 is 2.58 bits per heavy atom. The van der Waals surface area contributed by atoms with E-state index in [0.29, 0.717) is 12.1 Å². The number of Topliss-reactive ketones (excluding diaryl/α,β-unsaturated/α-hetero) is 1. The molecule has 0 aliphatic heterocycles. The van der Waals surface area contributed by atoms with Gasteiger partial charge in [-0.1, -0.05) is 44.7 Å². The van der Waals surface area contributed by atoms with Gasteiger partial charge in [0.2, 0.25) is 0 Å². The van der Waals surface area contributed by atoms with Crippen LogP contribution in [0.25, 0.3) is 11.0 Å². The number of benzene rings is 1. The molecular formula is C16H20N2O. The number of unbranched alkanes of at least 4 members (excludes halogenated alkanes) is 4. The summed E-state index contributed by atoms with van der Waals surface area (Å²) in [4.78, 5) is 20.7.